The van der Waals surface area contributed by atoms with E-state index in [0.29, 0.717) is 17.5 Å². The Balaban J connectivity index is 1.31. The summed E-state index contributed by atoms with van der Waals surface area (Å²) in [4.78, 5) is 22.7. The highest BCUT2D eigenvalue weighted by Crippen LogP contribution is 2.28. The van der Waals surface area contributed by atoms with Crippen molar-refractivity contribution in [1.82, 2.24) is 14.9 Å². The fraction of sp³-hybridized carbons (Fsp3) is 0.333. The van der Waals surface area contributed by atoms with E-state index in [1.165, 1.54) is 0 Å². The van der Waals surface area contributed by atoms with E-state index in [1.54, 1.807) is 7.11 Å². The molecule has 146 valence electrons. The van der Waals surface area contributed by atoms with E-state index in [1.807, 2.05) is 42.5 Å². The summed E-state index contributed by atoms with van der Waals surface area (Å²) in [6.45, 7) is 2.13. The number of aromatic amines is 1. The van der Waals surface area contributed by atoms with Gasteiger partial charge in [0.05, 0.1) is 24.7 Å². The molecule has 0 atom stereocenters. The summed E-state index contributed by atoms with van der Waals surface area (Å²) in [7, 11) is 1.61. The number of fused-ring (bicyclic) bond motifs is 1. The number of rotatable bonds is 5. The SMILES string of the molecule is COc1cccc(NC(=O)CN2CCC(c3nc4ccc(Cl)cc4[nH]3)CC2)c1. The van der Waals surface area contributed by atoms with Gasteiger partial charge in [-0.05, 0) is 56.3 Å². The summed E-state index contributed by atoms with van der Waals surface area (Å²) in [6, 6.07) is 13.1. The molecule has 3 aromatic rings. The summed E-state index contributed by atoms with van der Waals surface area (Å²) in [5.74, 6) is 2.11. The maximum Gasteiger partial charge on any atom is 0.238 e. The van der Waals surface area contributed by atoms with Gasteiger partial charge >= 0.3 is 0 Å². The number of nitrogens with zero attached hydrogens (tertiary/aromatic N) is 2. The lowest BCUT2D eigenvalue weighted by Crippen LogP contribution is -2.38. The van der Waals surface area contributed by atoms with E-state index in [9.17, 15) is 4.79 Å². The van der Waals surface area contributed by atoms with E-state index in [0.717, 1.165) is 54.2 Å². The maximum atomic E-state index is 12.4. The Bertz CT molecular complexity index is 979. The van der Waals surface area contributed by atoms with Crippen LogP contribution in [0.5, 0.6) is 5.75 Å². The third kappa shape index (κ3) is 4.29. The van der Waals surface area contributed by atoms with Crippen molar-refractivity contribution in [2.75, 3.05) is 32.1 Å². The number of aromatic nitrogens is 2. The molecule has 1 aliphatic heterocycles. The molecular formula is C21H23ClN4O2. The number of anilines is 1. The summed E-state index contributed by atoms with van der Waals surface area (Å²) >= 11 is 6.06. The Morgan fingerprint density at radius 1 is 1.29 bits per heavy atom. The fourth-order valence-electron chi connectivity index (χ4n) is 3.66. The van der Waals surface area contributed by atoms with Gasteiger partial charge in [-0.25, -0.2) is 4.98 Å². The van der Waals surface area contributed by atoms with Crippen LogP contribution in [-0.2, 0) is 4.79 Å². The molecule has 1 aliphatic rings. The highest BCUT2D eigenvalue weighted by atomic mass is 35.5. The Kier molecular flexibility index (Phi) is 5.50. The number of methoxy groups -OCH3 is 1. The summed E-state index contributed by atoms with van der Waals surface area (Å²) < 4.78 is 5.19. The minimum atomic E-state index is -0.00918. The van der Waals surface area contributed by atoms with Crippen LogP contribution in [0.15, 0.2) is 42.5 Å². The molecule has 1 saturated heterocycles. The van der Waals surface area contributed by atoms with Crippen LogP contribution in [0.25, 0.3) is 11.0 Å². The van der Waals surface area contributed by atoms with Crippen LogP contribution in [0.2, 0.25) is 5.02 Å². The summed E-state index contributed by atoms with van der Waals surface area (Å²) in [5.41, 5.74) is 2.67. The first-order valence-electron chi connectivity index (χ1n) is 9.42. The number of halogens is 1. The Morgan fingerprint density at radius 2 is 2.11 bits per heavy atom. The Hall–Kier alpha value is -2.57. The number of H-pyrrole nitrogens is 1. The van der Waals surface area contributed by atoms with Crippen molar-refractivity contribution in [2.24, 2.45) is 0 Å². The van der Waals surface area contributed by atoms with E-state index >= 15 is 0 Å². The number of imidazole rings is 1. The molecule has 4 rings (SSSR count). The van der Waals surface area contributed by atoms with E-state index in [-0.39, 0.29) is 5.91 Å². The van der Waals surface area contributed by atoms with Crippen LogP contribution in [0, 0.1) is 0 Å². The number of carbonyl (C=O) groups is 1. The minimum Gasteiger partial charge on any atom is -0.497 e. The molecule has 0 unspecified atom stereocenters. The smallest absolute Gasteiger partial charge is 0.238 e. The van der Waals surface area contributed by atoms with Gasteiger partial charge in [0.15, 0.2) is 0 Å². The number of nitrogens with one attached hydrogen (secondary N) is 2. The number of hydrogen-bond acceptors (Lipinski definition) is 4. The van der Waals surface area contributed by atoms with Gasteiger partial charge in [-0.1, -0.05) is 17.7 Å². The molecular weight excluding hydrogens is 376 g/mol. The van der Waals surface area contributed by atoms with Gasteiger partial charge in [0.25, 0.3) is 0 Å². The van der Waals surface area contributed by atoms with Gasteiger partial charge in [-0.2, -0.15) is 0 Å². The Labute approximate surface area is 168 Å². The average Bonchev–Trinajstić information content (AvgIpc) is 3.11. The second kappa shape index (κ2) is 8.20. The van der Waals surface area contributed by atoms with Crippen LogP contribution in [0.1, 0.15) is 24.6 Å². The molecule has 1 fully saturated rings. The number of carbonyl (C=O) groups excluding carboxylic acids is 1. The van der Waals surface area contributed by atoms with Crippen LogP contribution >= 0.6 is 11.6 Å². The van der Waals surface area contributed by atoms with Crippen molar-refractivity contribution < 1.29 is 9.53 Å². The lowest BCUT2D eigenvalue weighted by atomic mass is 9.96. The van der Waals surface area contributed by atoms with Gasteiger partial charge in [-0.3, -0.25) is 9.69 Å². The monoisotopic (exact) mass is 398 g/mol. The lowest BCUT2D eigenvalue weighted by molar-refractivity contribution is -0.117. The van der Waals surface area contributed by atoms with Crippen molar-refractivity contribution in [3.63, 3.8) is 0 Å². The number of benzene rings is 2. The lowest BCUT2D eigenvalue weighted by Gasteiger charge is -2.30. The topological polar surface area (TPSA) is 70.2 Å². The summed E-state index contributed by atoms with van der Waals surface area (Å²) in [6.07, 6.45) is 1.94. The van der Waals surface area contributed by atoms with Crippen LogP contribution in [-0.4, -0.2) is 47.5 Å². The van der Waals surface area contributed by atoms with Crippen molar-refractivity contribution in [2.45, 2.75) is 18.8 Å². The van der Waals surface area contributed by atoms with E-state index in [2.05, 4.69) is 15.2 Å². The zero-order valence-electron chi connectivity index (χ0n) is 15.7. The maximum absolute atomic E-state index is 12.4. The molecule has 2 aromatic carbocycles. The van der Waals surface area contributed by atoms with E-state index < -0.39 is 0 Å². The predicted octanol–water partition coefficient (Wildman–Crippen LogP) is 4.04. The normalized spacial score (nSPS) is 15.6. The van der Waals surface area contributed by atoms with Gasteiger partial charge in [0.1, 0.15) is 11.6 Å². The first-order chi connectivity index (χ1) is 13.6. The fourth-order valence-corrected chi connectivity index (χ4v) is 3.84. The highest BCUT2D eigenvalue weighted by molar-refractivity contribution is 6.31. The largest absolute Gasteiger partial charge is 0.497 e. The molecule has 28 heavy (non-hydrogen) atoms. The predicted molar refractivity (Wildman–Crippen MR) is 111 cm³/mol. The molecule has 7 heteroatoms. The average molecular weight is 399 g/mol. The number of hydrogen-bond donors (Lipinski definition) is 2. The van der Waals surface area contributed by atoms with Crippen LogP contribution in [0.3, 0.4) is 0 Å². The van der Waals surface area contributed by atoms with Gasteiger partial charge < -0.3 is 15.0 Å². The minimum absolute atomic E-state index is 0.00918. The number of ether oxygens (including phenoxy) is 1. The highest BCUT2D eigenvalue weighted by Gasteiger charge is 2.24. The zero-order chi connectivity index (χ0) is 19.5. The molecule has 2 heterocycles. The summed E-state index contributed by atoms with van der Waals surface area (Å²) in [5, 5.41) is 3.65. The molecule has 0 bridgehead atoms. The van der Waals surface area contributed by atoms with Gasteiger partial charge in [0.2, 0.25) is 5.91 Å². The number of amides is 1. The number of piperidine rings is 1. The van der Waals surface area contributed by atoms with E-state index in [4.69, 9.17) is 21.3 Å². The zero-order valence-corrected chi connectivity index (χ0v) is 16.5. The van der Waals surface area contributed by atoms with Crippen molar-refractivity contribution in [3.8, 4) is 5.75 Å². The molecule has 6 nitrogen and oxygen atoms in total. The molecule has 0 saturated carbocycles. The first-order valence-corrected chi connectivity index (χ1v) is 9.80. The van der Waals surface area contributed by atoms with Crippen LogP contribution < -0.4 is 10.1 Å². The molecule has 0 aliphatic carbocycles. The number of likely N-dealkylation sites (tertiary alicyclic amines) is 1. The third-order valence-corrected chi connectivity index (χ3v) is 5.39. The third-order valence-electron chi connectivity index (χ3n) is 5.16. The molecule has 1 aromatic heterocycles. The standard InChI is InChI=1S/C21H23ClN4O2/c1-28-17-4-2-3-16(12-17)23-20(27)13-26-9-7-14(8-10-26)21-24-18-6-5-15(22)11-19(18)25-21/h2-6,11-12,14H,7-10,13H2,1H3,(H,23,27)(H,24,25). The molecule has 2 N–H and O–H groups in total. The quantitative estimate of drug-likeness (QED) is 0.680. The van der Waals surface area contributed by atoms with Crippen molar-refractivity contribution in [1.29, 1.82) is 0 Å². The molecule has 1 amide bonds. The van der Waals surface area contributed by atoms with Gasteiger partial charge in [-0.15, -0.1) is 0 Å². The van der Waals surface area contributed by atoms with Crippen molar-refractivity contribution >= 4 is 34.2 Å². The van der Waals surface area contributed by atoms with Crippen molar-refractivity contribution in [3.05, 3.63) is 53.3 Å². The second-order valence-electron chi connectivity index (χ2n) is 7.11. The Morgan fingerprint density at radius 3 is 2.89 bits per heavy atom. The second-order valence-corrected chi connectivity index (χ2v) is 7.55. The first kappa shape index (κ1) is 18.8. The van der Waals surface area contributed by atoms with Crippen LogP contribution in [0.4, 0.5) is 5.69 Å². The molecule has 0 spiro atoms. The van der Waals surface area contributed by atoms with Gasteiger partial charge in [0, 0.05) is 22.7 Å². The molecule has 0 radical (unpaired) electrons.